The summed E-state index contributed by atoms with van der Waals surface area (Å²) in [4.78, 5) is 12.1. The molecule has 0 aliphatic heterocycles. The van der Waals surface area contributed by atoms with Crippen molar-refractivity contribution in [2.45, 2.75) is 13.5 Å². The molecule has 5 nitrogen and oxygen atoms in total. The molecule has 0 amide bonds. The maximum atomic E-state index is 11.5. The molecular formula is C11H13N3O2S. The second kappa shape index (κ2) is 5.01. The van der Waals surface area contributed by atoms with Crippen LogP contribution >= 0.6 is 11.3 Å². The van der Waals surface area contributed by atoms with Gasteiger partial charge in [0.1, 0.15) is 6.54 Å². The van der Waals surface area contributed by atoms with Crippen molar-refractivity contribution in [2.75, 3.05) is 6.61 Å². The molecule has 2 rings (SSSR count). The number of aromatic nitrogens is 1. The van der Waals surface area contributed by atoms with Crippen molar-refractivity contribution < 1.29 is 9.53 Å². The van der Waals surface area contributed by atoms with E-state index < -0.39 is 0 Å². The van der Waals surface area contributed by atoms with Gasteiger partial charge in [0, 0.05) is 0 Å². The SMILES string of the molecule is CCOC(=O)Cn1/c(=N\N)sc2ccccc21. The van der Waals surface area contributed by atoms with Crippen LogP contribution in [0.15, 0.2) is 29.4 Å². The Kier molecular flexibility index (Phi) is 3.43. The molecular weight excluding hydrogens is 238 g/mol. The molecule has 1 aromatic heterocycles. The number of esters is 1. The van der Waals surface area contributed by atoms with Gasteiger partial charge < -0.3 is 15.1 Å². The van der Waals surface area contributed by atoms with Crippen LogP contribution in [0.5, 0.6) is 0 Å². The average molecular weight is 251 g/mol. The van der Waals surface area contributed by atoms with Crippen LogP contribution < -0.4 is 10.6 Å². The Morgan fingerprint density at radius 3 is 3.00 bits per heavy atom. The number of para-hydroxylation sites is 1. The number of thiazole rings is 1. The first-order valence-electron chi connectivity index (χ1n) is 5.24. The third-order valence-electron chi connectivity index (χ3n) is 2.29. The normalized spacial score (nSPS) is 11.9. The van der Waals surface area contributed by atoms with Gasteiger partial charge >= 0.3 is 5.97 Å². The van der Waals surface area contributed by atoms with Gasteiger partial charge in [0.15, 0.2) is 0 Å². The molecule has 0 spiro atoms. The van der Waals surface area contributed by atoms with E-state index >= 15 is 0 Å². The number of carbonyl (C=O) groups is 1. The third kappa shape index (κ3) is 2.31. The van der Waals surface area contributed by atoms with Gasteiger partial charge in [-0.25, -0.2) is 0 Å². The molecule has 1 heterocycles. The van der Waals surface area contributed by atoms with E-state index in [2.05, 4.69) is 5.10 Å². The van der Waals surface area contributed by atoms with Gasteiger partial charge in [0.2, 0.25) is 4.80 Å². The van der Waals surface area contributed by atoms with E-state index in [1.807, 2.05) is 24.3 Å². The van der Waals surface area contributed by atoms with E-state index in [1.54, 1.807) is 11.5 Å². The van der Waals surface area contributed by atoms with Crippen LogP contribution in [0.3, 0.4) is 0 Å². The van der Waals surface area contributed by atoms with Gasteiger partial charge in [-0.05, 0) is 19.1 Å². The number of hydrogen-bond donors (Lipinski definition) is 1. The van der Waals surface area contributed by atoms with Gasteiger partial charge in [0.05, 0.1) is 16.8 Å². The Hall–Kier alpha value is -1.82. The minimum atomic E-state index is -0.286. The first-order valence-corrected chi connectivity index (χ1v) is 6.05. The standard InChI is InChI=1S/C11H13N3O2S/c1-2-16-10(15)7-14-8-5-3-4-6-9(8)17-11(14)13-12/h3-6H,2,7,12H2,1H3/b13-11+. The predicted molar refractivity (Wildman–Crippen MR) is 66.2 cm³/mol. The minimum Gasteiger partial charge on any atom is -0.465 e. The number of rotatable bonds is 3. The zero-order valence-electron chi connectivity index (χ0n) is 9.42. The van der Waals surface area contributed by atoms with E-state index in [0.717, 1.165) is 10.2 Å². The number of nitrogens with zero attached hydrogens (tertiary/aromatic N) is 2. The lowest BCUT2D eigenvalue weighted by Crippen LogP contribution is -2.22. The highest BCUT2D eigenvalue weighted by molar-refractivity contribution is 7.16. The summed E-state index contributed by atoms with van der Waals surface area (Å²) < 4.78 is 7.73. The number of ether oxygens (including phenoxy) is 1. The van der Waals surface area contributed by atoms with Crippen LogP contribution in [0.2, 0.25) is 0 Å². The second-order valence-electron chi connectivity index (χ2n) is 3.37. The lowest BCUT2D eigenvalue weighted by atomic mass is 10.3. The molecule has 6 heteroatoms. The molecule has 0 atom stereocenters. The number of fused-ring (bicyclic) bond motifs is 1. The number of carbonyl (C=O) groups excluding carboxylic acids is 1. The Bertz CT molecular complexity index is 600. The largest absolute Gasteiger partial charge is 0.465 e. The molecule has 0 bridgehead atoms. The topological polar surface area (TPSA) is 69.6 Å². The molecule has 2 N–H and O–H groups in total. The van der Waals surface area contributed by atoms with Crippen molar-refractivity contribution in [2.24, 2.45) is 10.9 Å². The van der Waals surface area contributed by atoms with E-state index in [9.17, 15) is 4.79 Å². The number of nitrogens with two attached hydrogens (primary N) is 1. The summed E-state index contributed by atoms with van der Waals surface area (Å²) in [7, 11) is 0. The highest BCUT2D eigenvalue weighted by atomic mass is 32.1. The molecule has 2 aromatic rings. The van der Waals surface area contributed by atoms with Crippen LogP contribution in [-0.2, 0) is 16.1 Å². The molecule has 0 saturated heterocycles. The summed E-state index contributed by atoms with van der Waals surface area (Å²) in [5.41, 5.74) is 0.940. The van der Waals surface area contributed by atoms with Gasteiger partial charge in [-0.1, -0.05) is 23.5 Å². The molecule has 0 unspecified atom stereocenters. The fourth-order valence-corrected chi connectivity index (χ4v) is 2.56. The van der Waals surface area contributed by atoms with Crippen LogP contribution in [0.1, 0.15) is 6.92 Å². The van der Waals surface area contributed by atoms with E-state index in [4.69, 9.17) is 10.6 Å². The van der Waals surface area contributed by atoms with Crippen molar-refractivity contribution in [1.82, 2.24) is 4.57 Å². The Morgan fingerprint density at radius 2 is 2.29 bits per heavy atom. The van der Waals surface area contributed by atoms with Gasteiger partial charge in [0.25, 0.3) is 0 Å². The molecule has 0 aliphatic rings. The molecule has 0 radical (unpaired) electrons. The fourth-order valence-electron chi connectivity index (χ4n) is 1.61. The molecule has 90 valence electrons. The van der Waals surface area contributed by atoms with Crippen molar-refractivity contribution >= 4 is 27.5 Å². The monoisotopic (exact) mass is 251 g/mol. The van der Waals surface area contributed by atoms with Crippen LogP contribution in [0.4, 0.5) is 0 Å². The Labute approximate surface area is 102 Å². The van der Waals surface area contributed by atoms with E-state index in [1.165, 1.54) is 11.3 Å². The first kappa shape index (κ1) is 11.7. The summed E-state index contributed by atoms with van der Waals surface area (Å²) in [6.07, 6.45) is 0. The third-order valence-corrected chi connectivity index (χ3v) is 3.36. The van der Waals surface area contributed by atoms with Gasteiger partial charge in [-0.15, -0.1) is 0 Å². The zero-order chi connectivity index (χ0) is 12.3. The average Bonchev–Trinajstić information content (AvgIpc) is 2.68. The minimum absolute atomic E-state index is 0.133. The first-order chi connectivity index (χ1) is 8.26. The van der Waals surface area contributed by atoms with Crippen LogP contribution in [0.25, 0.3) is 10.2 Å². The lowest BCUT2D eigenvalue weighted by Gasteiger charge is -2.04. The van der Waals surface area contributed by atoms with Crippen molar-refractivity contribution in [3.63, 3.8) is 0 Å². The highest BCUT2D eigenvalue weighted by Gasteiger charge is 2.10. The van der Waals surface area contributed by atoms with Gasteiger partial charge in [-0.2, -0.15) is 5.10 Å². The molecule has 0 fully saturated rings. The van der Waals surface area contributed by atoms with Crippen LogP contribution in [-0.4, -0.2) is 17.1 Å². The maximum Gasteiger partial charge on any atom is 0.326 e. The highest BCUT2D eigenvalue weighted by Crippen LogP contribution is 2.16. The van der Waals surface area contributed by atoms with Crippen molar-refractivity contribution in [3.05, 3.63) is 29.1 Å². The molecule has 1 aromatic carbocycles. The van der Waals surface area contributed by atoms with E-state index in [-0.39, 0.29) is 12.5 Å². The summed E-state index contributed by atoms with van der Waals surface area (Å²) in [5.74, 6) is 5.04. The Balaban J connectivity index is 2.47. The number of benzene rings is 1. The second-order valence-corrected chi connectivity index (χ2v) is 4.38. The molecule has 17 heavy (non-hydrogen) atoms. The van der Waals surface area contributed by atoms with Crippen LogP contribution in [0, 0.1) is 0 Å². The van der Waals surface area contributed by atoms with Crippen molar-refractivity contribution in [3.8, 4) is 0 Å². The van der Waals surface area contributed by atoms with Crippen molar-refractivity contribution in [1.29, 1.82) is 0 Å². The zero-order valence-corrected chi connectivity index (χ0v) is 10.2. The summed E-state index contributed by atoms with van der Waals surface area (Å²) >= 11 is 1.45. The smallest absolute Gasteiger partial charge is 0.326 e. The Morgan fingerprint density at radius 1 is 1.53 bits per heavy atom. The predicted octanol–water partition coefficient (Wildman–Crippen LogP) is 1.04. The quantitative estimate of drug-likeness (QED) is 0.503. The number of hydrogen-bond acceptors (Lipinski definition) is 5. The molecule has 0 saturated carbocycles. The fraction of sp³-hybridized carbons (Fsp3) is 0.273. The summed E-state index contributed by atoms with van der Waals surface area (Å²) in [6.45, 7) is 2.28. The molecule has 0 aliphatic carbocycles. The maximum absolute atomic E-state index is 11.5. The van der Waals surface area contributed by atoms with E-state index in [0.29, 0.717) is 11.4 Å². The van der Waals surface area contributed by atoms with Gasteiger partial charge in [-0.3, -0.25) is 4.79 Å². The summed E-state index contributed by atoms with van der Waals surface area (Å²) in [5, 5.41) is 3.69. The lowest BCUT2D eigenvalue weighted by molar-refractivity contribution is -0.143. The summed E-state index contributed by atoms with van der Waals surface area (Å²) in [6, 6.07) is 7.75.